The Morgan fingerprint density at radius 2 is 1.76 bits per heavy atom. The summed E-state index contributed by atoms with van der Waals surface area (Å²) in [5.41, 5.74) is 7.94. The quantitative estimate of drug-likeness (QED) is 0.231. The Hall–Kier alpha value is -2.01. The van der Waals surface area contributed by atoms with Crippen molar-refractivity contribution < 1.29 is 4.79 Å². The maximum absolute atomic E-state index is 13.7. The molecule has 12 heteroatoms. The third kappa shape index (κ3) is 7.34. The summed E-state index contributed by atoms with van der Waals surface area (Å²) >= 11 is 4.65. The number of carbonyl (C=O) groups excluding carboxylic acids is 1. The van der Waals surface area contributed by atoms with Crippen LogP contribution >= 0.6 is 64.7 Å². The van der Waals surface area contributed by atoms with Crippen LogP contribution in [0.1, 0.15) is 53.2 Å². The molecule has 1 atom stereocenters. The number of hydrogen-bond donors (Lipinski definition) is 1. The molecule has 7 nitrogen and oxygen atoms in total. The van der Waals surface area contributed by atoms with Gasteiger partial charge in [0.25, 0.3) is 11.5 Å². The van der Waals surface area contributed by atoms with Gasteiger partial charge in [0, 0.05) is 16.6 Å². The van der Waals surface area contributed by atoms with Crippen LogP contribution in [0, 0.1) is 6.92 Å². The predicted octanol–water partition coefficient (Wildman–Crippen LogP) is 6.18. The smallest absolute Gasteiger partial charge is 0.264 e. The zero-order valence-electron chi connectivity index (χ0n) is 21.0. The van der Waals surface area contributed by atoms with Crippen LogP contribution in [0.25, 0.3) is 10.2 Å². The number of fused-ring (bicyclic) bond motifs is 1. The zero-order chi connectivity index (χ0) is 24.9. The molecule has 0 aliphatic rings. The van der Waals surface area contributed by atoms with Crippen molar-refractivity contribution in [1.29, 1.82) is 0 Å². The minimum Gasteiger partial charge on any atom is -0.330 e. The lowest BCUT2D eigenvalue weighted by Gasteiger charge is -2.32. The van der Waals surface area contributed by atoms with E-state index in [1.54, 1.807) is 21.6 Å². The lowest BCUT2D eigenvalue weighted by atomic mass is 10.1. The van der Waals surface area contributed by atoms with Crippen molar-refractivity contribution in [3.05, 3.63) is 92.1 Å². The first-order chi connectivity index (χ1) is 16.9. The average molecular weight is 664 g/mol. The monoisotopic (exact) mass is 661 g/mol. The second-order valence-electron chi connectivity index (χ2n) is 8.37. The Labute approximate surface area is 253 Å². The fourth-order valence-electron chi connectivity index (χ4n) is 4.22. The molecule has 2 N–H and O–H groups in total. The summed E-state index contributed by atoms with van der Waals surface area (Å²) in [6.45, 7) is 5.12. The number of amides is 1. The first-order valence-electron chi connectivity index (χ1n) is 11.6. The molecule has 1 unspecified atom stereocenters. The van der Waals surface area contributed by atoms with Crippen LogP contribution in [0.4, 0.5) is 0 Å². The summed E-state index contributed by atoms with van der Waals surface area (Å²) in [4.78, 5) is 34.8. The number of nitrogens with zero attached hydrogens (tertiary/aromatic N) is 4. The molecular weight excluding hydrogens is 633 g/mol. The van der Waals surface area contributed by atoms with Gasteiger partial charge >= 0.3 is 0 Å². The molecule has 4 rings (SSSR count). The van der Waals surface area contributed by atoms with Gasteiger partial charge in [0.15, 0.2) is 4.83 Å². The Morgan fingerprint density at radius 1 is 1.11 bits per heavy atom. The molecule has 0 saturated heterocycles. The Bertz CT molecular complexity index is 1380. The Balaban J connectivity index is 0.00000241. The van der Waals surface area contributed by atoms with Crippen LogP contribution in [0.15, 0.2) is 63.9 Å². The van der Waals surface area contributed by atoms with E-state index >= 15 is 0 Å². The van der Waals surface area contributed by atoms with Gasteiger partial charge in [0.2, 0.25) is 0 Å². The fourth-order valence-corrected chi connectivity index (χ4v) is 5.26. The highest BCUT2D eigenvalue weighted by Crippen LogP contribution is 2.28. The summed E-state index contributed by atoms with van der Waals surface area (Å²) < 4.78 is 6.99. The van der Waals surface area contributed by atoms with Crippen molar-refractivity contribution in [3.63, 3.8) is 0 Å². The fraction of sp³-hybridized carbons (Fsp3) is 0.308. The van der Waals surface area contributed by atoms with E-state index in [2.05, 4.69) is 20.3 Å². The van der Waals surface area contributed by atoms with Crippen molar-refractivity contribution in [2.45, 2.75) is 39.3 Å². The van der Waals surface area contributed by atoms with Gasteiger partial charge in [0.1, 0.15) is 5.82 Å². The minimum atomic E-state index is -0.402. The number of aromatic nitrogens is 3. The van der Waals surface area contributed by atoms with E-state index in [0.717, 1.165) is 10.0 Å². The molecule has 0 aliphatic heterocycles. The molecule has 4 aromatic rings. The molecular formula is C26H31BrCl3N5O2S. The van der Waals surface area contributed by atoms with E-state index in [4.69, 9.17) is 10.7 Å². The third-order valence-electron chi connectivity index (χ3n) is 6.00. The van der Waals surface area contributed by atoms with Crippen molar-refractivity contribution in [2.24, 2.45) is 5.73 Å². The molecule has 0 fully saturated rings. The number of benzene rings is 2. The van der Waals surface area contributed by atoms with Crippen molar-refractivity contribution in [2.75, 3.05) is 13.1 Å². The van der Waals surface area contributed by atoms with Crippen LogP contribution < -0.4 is 11.3 Å². The second-order valence-corrected chi connectivity index (χ2v) is 10.0. The van der Waals surface area contributed by atoms with Crippen LogP contribution in [-0.2, 0) is 6.54 Å². The molecule has 0 spiro atoms. The number of carbonyl (C=O) groups is 1. The normalized spacial score (nSPS) is 11.2. The lowest BCUT2D eigenvalue weighted by Crippen LogP contribution is -2.40. The van der Waals surface area contributed by atoms with Gasteiger partial charge in [-0.3, -0.25) is 14.2 Å². The van der Waals surface area contributed by atoms with Gasteiger partial charge in [-0.05, 0) is 67.7 Å². The minimum absolute atomic E-state index is 0. The first-order valence-corrected chi connectivity index (χ1v) is 13.2. The molecule has 0 radical (unpaired) electrons. The summed E-state index contributed by atoms with van der Waals surface area (Å²) in [5, 5.41) is 0.539. The third-order valence-corrected chi connectivity index (χ3v) is 7.36. The summed E-state index contributed by atoms with van der Waals surface area (Å²) in [7, 11) is 0. The standard InChI is InChI=1S/C26H28BrN5O2S.3ClH/c1-3-21(31(15-7-14-28)25(33)19-10-12-20(27)13-11-19)23-29-24-22(17(2)30-35-24)26(34)32(23)16-18-8-5-4-6-9-18;;;/h4-6,8-13,21H,3,7,14-16,28H2,1-2H3;3*1H. The SMILES string of the molecule is CCC(c1nc2snc(C)c2c(=O)n1Cc1ccccc1)N(CCCN)C(=O)c1ccc(Br)cc1.Cl.Cl.Cl. The molecule has 0 bridgehead atoms. The highest BCUT2D eigenvalue weighted by atomic mass is 79.9. The van der Waals surface area contributed by atoms with Crippen molar-refractivity contribution in [3.8, 4) is 0 Å². The highest BCUT2D eigenvalue weighted by molar-refractivity contribution is 9.10. The predicted molar refractivity (Wildman–Crippen MR) is 166 cm³/mol. The number of hydrogen-bond acceptors (Lipinski definition) is 6. The van der Waals surface area contributed by atoms with Gasteiger partial charge in [-0.1, -0.05) is 53.2 Å². The number of rotatable bonds is 9. The zero-order valence-corrected chi connectivity index (χ0v) is 25.9. The Morgan fingerprint density at radius 3 is 2.37 bits per heavy atom. The van der Waals surface area contributed by atoms with E-state index in [1.165, 1.54) is 11.5 Å². The molecule has 0 aliphatic carbocycles. The van der Waals surface area contributed by atoms with E-state index in [9.17, 15) is 9.59 Å². The van der Waals surface area contributed by atoms with Crippen LogP contribution in [0.5, 0.6) is 0 Å². The summed E-state index contributed by atoms with van der Waals surface area (Å²) in [6, 6.07) is 16.7. The molecule has 206 valence electrons. The van der Waals surface area contributed by atoms with Gasteiger partial charge in [-0.2, -0.15) is 4.37 Å². The first kappa shape index (κ1) is 34.0. The van der Waals surface area contributed by atoms with E-state index in [-0.39, 0.29) is 48.7 Å². The molecule has 1 amide bonds. The van der Waals surface area contributed by atoms with Crippen molar-refractivity contribution in [1.82, 2.24) is 18.8 Å². The van der Waals surface area contributed by atoms with Gasteiger partial charge in [0.05, 0.1) is 23.7 Å². The Kier molecular flexibility index (Phi) is 13.9. The van der Waals surface area contributed by atoms with E-state index < -0.39 is 6.04 Å². The molecule has 2 aromatic heterocycles. The number of nitrogens with two attached hydrogens (primary N) is 1. The van der Waals surface area contributed by atoms with Crippen molar-refractivity contribution >= 4 is 80.8 Å². The average Bonchev–Trinajstić information content (AvgIpc) is 3.25. The lowest BCUT2D eigenvalue weighted by molar-refractivity contribution is 0.0656. The molecule has 38 heavy (non-hydrogen) atoms. The summed E-state index contributed by atoms with van der Waals surface area (Å²) in [5.74, 6) is 0.457. The summed E-state index contributed by atoms with van der Waals surface area (Å²) in [6.07, 6.45) is 1.24. The molecule has 2 aromatic carbocycles. The second kappa shape index (κ2) is 15.5. The largest absolute Gasteiger partial charge is 0.330 e. The van der Waals surface area contributed by atoms with Crippen LogP contribution in [0.2, 0.25) is 0 Å². The molecule has 0 saturated carbocycles. The van der Waals surface area contributed by atoms with Gasteiger partial charge in [-0.25, -0.2) is 4.98 Å². The maximum atomic E-state index is 13.7. The van der Waals surface area contributed by atoms with E-state index in [1.807, 2.05) is 56.3 Å². The highest BCUT2D eigenvalue weighted by Gasteiger charge is 2.29. The number of aryl methyl sites for hydroxylation is 1. The van der Waals surface area contributed by atoms with Gasteiger partial charge in [-0.15, -0.1) is 37.2 Å². The number of halogens is 4. The van der Waals surface area contributed by atoms with Crippen LogP contribution in [0.3, 0.4) is 0 Å². The van der Waals surface area contributed by atoms with Crippen LogP contribution in [-0.4, -0.2) is 37.8 Å². The maximum Gasteiger partial charge on any atom is 0.264 e. The van der Waals surface area contributed by atoms with E-state index in [0.29, 0.717) is 59.8 Å². The molecule has 2 heterocycles. The van der Waals surface area contributed by atoms with Gasteiger partial charge < -0.3 is 10.6 Å². The topological polar surface area (TPSA) is 94.1 Å².